The normalized spacial score (nSPS) is 12.2. The van der Waals surface area contributed by atoms with Crippen molar-refractivity contribution in [3.8, 4) is 0 Å². The quantitative estimate of drug-likeness (QED) is 0.564. The van der Waals surface area contributed by atoms with Gasteiger partial charge in [-0.2, -0.15) is 0 Å². The highest BCUT2D eigenvalue weighted by Gasteiger charge is 2.20. The number of nitrogens with zero attached hydrogens (tertiary/aromatic N) is 2. The van der Waals surface area contributed by atoms with E-state index >= 15 is 0 Å². The van der Waals surface area contributed by atoms with Crippen molar-refractivity contribution in [1.82, 2.24) is 0 Å². The lowest BCUT2D eigenvalue weighted by Gasteiger charge is -2.24. The lowest BCUT2D eigenvalue weighted by molar-refractivity contribution is -0.384. The van der Waals surface area contributed by atoms with Crippen LogP contribution in [0.4, 0.5) is 11.4 Å². The first-order chi connectivity index (χ1) is 9.51. The molecule has 1 rings (SSSR count). The van der Waals surface area contributed by atoms with E-state index in [1.807, 2.05) is 11.8 Å². The van der Waals surface area contributed by atoms with Gasteiger partial charge in [-0.25, -0.2) is 0 Å². The van der Waals surface area contributed by atoms with Gasteiger partial charge in [-0.3, -0.25) is 10.1 Å². The standard InChI is InChI=1S/C14H22N2O4/c1-3-4-7-15(8-9-17)13-6-5-12(11(2)18)10-14(13)16(19)20/h5-6,10-11,17-18H,3-4,7-9H2,1-2H3/t11-/m1/s1. The molecule has 112 valence electrons. The van der Waals surface area contributed by atoms with E-state index in [0.717, 1.165) is 12.8 Å². The Bertz CT molecular complexity index is 449. The predicted octanol–water partition coefficient (Wildman–Crippen LogP) is 2.25. The van der Waals surface area contributed by atoms with Gasteiger partial charge in [-0.15, -0.1) is 0 Å². The number of hydrogen-bond donors (Lipinski definition) is 2. The summed E-state index contributed by atoms with van der Waals surface area (Å²) >= 11 is 0. The van der Waals surface area contributed by atoms with E-state index in [1.54, 1.807) is 19.1 Å². The van der Waals surface area contributed by atoms with E-state index < -0.39 is 11.0 Å². The van der Waals surface area contributed by atoms with Crippen molar-refractivity contribution in [3.05, 3.63) is 33.9 Å². The lowest BCUT2D eigenvalue weighted by atomic mass is 10.1. The molecule has 0 aromatic heterocycles. The molecule has 0 saturated carbocycles. The molecule has 0 heterocycles. The van der Waals surface area contributed by atoms with Gasteiger partial charge in [0, 0.05) is 19.2 Å². The molecule has 0 fully saturated rings. The number of rotatable bonds is 8. The molecule has 2 N–H and O–H groups in total. The summed E-state index contributed by atoms with van der Waals surface area (Å²) in [5.41, 5.74) is 0.967. The lowest BCUT2D eigenvalue weighted by Crippen LogP contribution is -2.28. The van der Waals surface area contributed by atoms with Crippen LogP contribution in [0.2, 0.25) is 0 Å². The van der Waals surface area contributed by atoms with E-state index in [1.165, 1.54) is 6.07 Å². The van der Waals surface area contributed by atoms with E-state index in [4.69, 9.17) is 5.11 Å². The Labute approximate surface area is 118 Å². The number of unbranched alkanes of at least 4 members (excludes halogenated alkanes) is 1. The molecule has 0 aliphatic carbocycles. The molecular weight excluding hydrogens is 260 g/mol. The summed E-state index contributed by atoms with van der Waals surface area (Å²) in [5.74, 6) is 0. The van der Waals surface area contributed by atoms with Crippen LogP contribution in [0.15, 0.2) is 18.2 Å². The van der Waals surface area contributed by atoms with Crippen molar-refractivity contribution in [2.75, 3.05) is 24.6 Å². The average molecular weight is 282 g/mol. The maximum Gasteiger partial charge on any atom is 0.292 e. The van der Waals surface area contributed by atoms with Crippen LogP contribution in [-0.2, 0) is 0 Å². The smallest absolute Gasteiger partial charge is 0.292 e. The Balaban J connectivity index is 3.15. The molecule has 6 nitrogen and oxygen atoms in total. The van der Waals surface area contributed by atoms with Gasteiger partial charge in [-0.1, -0.05) is 19.4 Å². The van der Waals surface area contributed by atoms with Gasteiger partial charge in [0.05, 0.1) is 17.6 Å². The predicted molar refractivity (Wildman–Crippen MR) is 77.9 cm³/mol. The molecule has 1 aromatic rings. The minimum absolute atomic E-state index is 0.0343. The summed E-state index contributed by atoms with van der Waals surface area (Å²) in [6, 6.07) is 4.73. The Morgan fingerprint density at radius 2 is 2.10 bits per heavy atom. The summed E-state index contributed by atoms with van der Waals surface area (Å²) in [4.78, 5) is 12.6. The monoisotopic (exact) mass is 282 g/mol. The van der Waals surface area contributed by atoms with E-state index in [9.17, 15) is 15.2 Å². The highest BCUT2D eigenvalue weighted by Crippen LogP contribution is 2.31. The molecule has 20 heavy (non-hydrogen) atoms. The molecule has 0 aliphatic rings. The van der Waals surface area contributed by atoms with Crippen LogP contribution in [0.25, 0.3) is 0 Å². The molecule has 0 radical (unpaired) electrons. The third-order valence-corrected chi connectivity index (χ3v) is 3.17. The molecule has 0 unspecified atom stereocenters. The van der Waals surface area contributed by atoms with Crippen molar-refractivity contribution in [2.24, 2.45) is 0 Å². The molecule has 6 heteroatoms. The van der Waals surface area contributed by atoms with Gasteiger partial charge in [0.2, 0.25) is 0 Å². The number of aliphatic hydroxyl groups is 2. The Kier molecular flexibility index (Phi) is 6.41. The maximum atomic E-state index is 11.2. The second kappa shape index (κ2) is 7.81. The van der Waals surface area contributed by atoms with Gasteiger partial charge in [0.25, 0.3) is 5.69 Å². The summed E-state index contributed by atoms with van der Waals surface area (Å²) < 4.78 is 0. The number of benzene rings is 1. The minimum Gasteiger partial charge on any atom is -0.395 e. The fraction of sp³-hybridized carbons (Fsp3) is 0.571. The zero-order chi connectivity index (χ0) is 15.1. The summed E-state index contributed by atoms with van der Waals surface area (Å²) in [6.45, 7) is 4.57. The first kappa shape index (κ1) is 16.4. The van der Waals surface area contributed by atoms with Crippen LogP contribution in [0.5, 0.6) is 0 Å². The number of nitro groups is 1. The van der Waals surface area contributed by atoms with Crippen molar-refractivity contribution in [2.45, 2.75) is 32.8 Å². The zero-order valence-corrected chi connectivity index (χ0v) is 12.0. The molecule has 0 aliphatic heterocycles. The zero-order valence-electron chi connectivity index (χ0n) is 12.0. The van der Waals surface area contributed by atoms with Crippen LogP contribution in [-0.4, -0.2) is 34.8 Å². The number of aliphatic hydroxyl groups excluding tert-OH is 2. The van der Waals surface area contributed by atoms with Gasteiger partial charge in [0.15, 0.2) is 0 Å². The second-order valence-corrected chi connectivity index (χ2v) is 4.75. The van der Waals surface area contributed by atoms with Gasteiger partial charge >= 0.3 is 0 Å². The summed E-state index contributed by atoms with van der Waals surface area (Å²) in [7, 11) is 0. The average Bonchev–Trinajstić information content (AvgIpc) is 2.42. The number of hydrogen-bond acceptors (Lipinski definition) is 5. The first-order valence-corrected chi connectivity index (χ1v) is 6.83. The minimum atomic E-state index is -0.746. The molecule has 0 spiro atoms. The second-order valence-electron chi connectivity index (χ2n) is 4.75. The maximum absolute atomic E-state index is 11.2. The van der Waals surface area contributed by atoms with Crippen molar-refractivity contribution in [3.63, 3.8) is 0 Å². The molecule has 0 saturated heterocycles. The van der Waals surface area contributed by atoms with Crippen LogP contribution in [0.3, 0.4) is 0 Å². The van der Waals surface area contributed by atoms with E-state index in [0.29, 0.717) is 24.3 Å². The van der Waals surface area contributed by atoms with Gasteiger partial charge in [0.1, 0.15) is 5.69 Å². The number of nitro benzene ring substituents is 1. The van der Waals surface area contributed by atoms with Crippen LogP contribution < -0.4 is 4.90 Å². The fourth-order valence-electron chi connectivity index (χ4n) is 2.04. The SMILES string of the molecule is CCCCN(CCO)c1ccc([C@@H](C)O)cc1[N+](=O)[O-]. The molecule has 0 bridgehead atoms. The van der Waals surface area contributed by atoms with Crippen LogP contribution >= 0.6 is 0 Å². The van der Waals surface area contributed by atoms with Crippen LogP contribution in [0, 0.1) is 10.1 Å². The van der Waals surface area contributed by atoms with Gasteiger partial charge < -0.3 is 15.1 Å². The van der Waals surface area contributed by atoms with E-state index in [2.05, 4.69) is 0 Å². The van der Waals surface area contributed by atoms with Crippen molar-refractivity contribution < 1.29 is 15.1 Å². The molecule has 0 amide bonds. The highest BCUT2D eigenvalue weighted by molar-refractivity contribution is 5.64. The van der Waals surface area contributed by atoms with Crippen molar-refractivity contribution >= 4 is 11.4 Å². The largest absolute Gasteiger partial charge is 0.395 e. The number of anilines is 1. The highest BCUT2D eigenvalue weighted by atomic mass is 16.6. The van der Waals surface area contributed by atoms with Crippen LogP contribution in [0.1, 0.15) is 38.4 Å². The first-order valence-electron chi connectivity index (χ1n) is 6.83. The Morgan fingerprint density at radius 1 is 1.40 bits per heavy atom. The van der Waals surface area contributed by atoms with Crippen molar-refractivity contribution in [1.29, 1.82) is 0 Å². The summed E-state index contributed by atoms with van der Waals surface area (Å²) in [5, 5.41) is 29.9. The molecule has 1 aromatic carbocycles. The molecular formula is C14H22N2O4. The Hall–Kier alpha value is -1.66. The topological polar surface area (TPSA) is 86.8 Å². The summed E-state index contributed by atoms with van der Waals surface area (Å²) in [6.07, 6.45) is 1.13. The molecule has 1 atom stereocenters. The van der Waals surface area contributed by atoms with E-state index in [-0.39, 0.29) is 12.3 Å². The Morgan fingerprint density at radius 3 is 2.60 bits per heavy atom. The van der Waals surface area contributed by atoms with Gasteiger partial charge in [-0.05, 0) is 25.0 Å². The third-order valence-electron chi connectivity index (χ3n) is 3.17. The third kappa shape index (κ3) is 4.18. The fourth-order valence-corrected chi connectivity index (χ4v) is 2.04.